The number of amides is 1. The average molecular weight is 324 g/mol. The van der Waals surface area contributed by atoms with Crippen molar-refractivity contribution < 1.29 is 14.3 Å². The number of para-hydroxylation sites is 2. The van der Waals surface area contributed by atoms with Crippen LogP contribution < -0.4 is 14.8 Å². The third-order valence-electron chi connectivity index (χ3n) is 3.42. The van der Waals surface area contributed by atoms with Crippen molar-refractivity contribution in [3.63, 3.8) is 0 Å². The first-order valence-electron chi connectivity index (χ1n) is 7.67. The van der Waals surface area contributed by atoms with Gasteiger partial charge in [-0.3, -0.25) is 4.79 Å². The molecule has 1 amide bonds. The molecule has 0 spiro atoms. The Bertz CT molecular complexity index is 737. The maximum atomic E-state index is 12.2. The van der Waals surface area contributed by atoms with Gasteiger partial charge in [-0.1, -0.05) is 24.3 Å². The quantitative estimate of drug-likeness (QED) is 0.850. The normalized spacial score (nSPS) is 11.2. The molecule has 5 nitrogen and oxygen atoms in total. The summed E-state index contributed by atoms with van der Waals surface area (Å²) in [6.45, 7) is 2.23. The second-order valence-corrected chi connectivity index (χ2v) is 5.32. The van der Waals surface area contributed by atoms with E-state index in [4.69, 9.17) is 14.7 Å². The molecule has 2 rings (SSSR count). The lowest BCUT2D eigenvalue weighted by atomic mass is 10.1. The molecule has 0 fully saturated rings. The molecule has 0 bridgehead atoms. The van der Waals surface area contributed by atoms with Crippen LogP contribution in [0.3, 0.4) is 0 Å². The highest BCUT2D eigenvalue weighted by atomic mass is 16.5. The molecular weight excluding hydrogens is 304 g/mol. The van der Waals surface area contributed by atoms with E-state index in [1.165, 1.54) is 0 Å². The largest absolute Gasteiger partial charge is 0.493 e. The molecule has 2 aromatic rings. The highest BCUT2D eigenvalue weighted by Crippen LogP contribution is 2.26. The maximum absolute atomic E-state index is 12.2. The third kappa shape index (κ3) is 4.75. The summed E-state index contributed by atoms with van der Waals surface area (Å²) < 4.78 is 11.0. The Labute approximate surface area is 141 Å². The monoisotopic (exact) mass is 324 g/mol. The van der Waals surface area contributed by atoms with Crippen LogP contribution in [0.5, 0.6) is 11.5 Å². The molecule has 2 aromatic carbocycles. The van der Waals surface area contributed by atoms with Crippen molar-refractivity contribution in [2.45, 2.75) is 19.4 Å². The van der Waals surface area contributed by atoms with E-state index in [0.29, 0.717) is 23.6 Å². The van der Waals surface area contributed by atoms with Gasteiger partial charge in [0.25, 0.3) is 5.91 Å². The van der Waals surface area contributed by atoms with Crippen molar-refractivity contribution in [2.75, 3.05) is 13.7 Å². The van der Waals surface area contributed by atoms with E-state index >= 15 is 0 Å². The molecule has 0 aliphatic heterocycles. The van der Waals surface area contributed by atoms with E-state index < -0.39 is 0 Å². The minimum absolute atomic E-state index is 0.190. The molecule has 5 heteroatoms. The van der Waals surface area contributed by atoms with Gasteiger partial charge < -0.3 is 14.8 Å². The molecule has 0 saturated carbocycles. The summed E-state index contributed by atoms with van der Waals surface area (Å²) in [5, 5.41) is 11.6. The van der Waals surface area contributed by atoms with E-state index in [9.17, 15) is 4.79 Å². The fourth-order valence-corrected chi connectivity index (χ4v) is 2.23. The van der Waals surface area contributed by atoms with Gasteiger partial charge in [0.1, 0.15) is 6.10 Å². The molecule has 0 heterocycles. The molecule has 1 N–H and O–H groups in total. The van der Waals surface area contributed by atoms with Gasteiger partial charge in [0, 0.05) is 5.56 Å². The molecule has 1 atom stereocenters. The number of rotatable bonds is 7. The standard InChI is InChI=1S/C19H20N2O3/c1-14(24-18-9-4-3-8-17(18)23-2)13-21-19(22)16-7-5-6-15(12-16)10-11-20/h3-9,12,14H,10,13H2,1-2H3,(H,21,22)/t14-/m1/s1. The molecule has 0 aliphatic rings. The number of carbonyl (C=O) groups is 1. The number of ether oxygens (including phenoxy) is 2. The summed E-state index contributed by atoms with van der Waals surface area (Å²) in [4.78, 5) is 12.2. The number of nitrogens with zero attached hydrogens (tertiary/aromatic N) is 1. The van der Waals surface area contributed by atoms with E-state index in [1.54, 1.807) is 25.3 Å². The summed E-state index contributed by atoms with van der Waals surface area (Å²) in [7, 11) is 1.59. The van der Waals surface area contributed by atoms with Gasteiger partial charge in [-0.15, -0.1) is 0 Å². The van der Waals surface area contributed by atoms with Gasteiger partial charge >= 0.3 is 0 Å². The molecule has 0 saturated heterocycles. The van der Waals surface area contributed by atoms with Crippen LogP contribution in [-0.2, 0) is 6.42 Å². The van der Waals surface area contributed by atoms with Gasteiger partial charge in [-0.05, 0) is 36.8 Å². The number of benzene rings is 2. The van der Waals surface area contributed by atoms with Crippen molar-refractivity contribution >= 4 is 5.91 Å². The van der Waals surface area contributed by atoms with E-state index in [0.717, 1.165) is 5.56 Å². The summed E-state index contributed by atoms with van der Waals surface area (Å²) in [6, 6.07) is 16.5. The highest BCUT2D eigenvalue weighted by molar-refractivity contribution is 5.94. The van der Waals surface area contributed by atoms with Crippen molar-refractivity contribution in [1.29, 1.82) is 5.26 Å². The van der Waals surface area contributed by atoms with Crippen LogP contribution in [0.15, 0.2) is 48.5 Å². The van der Waals surface area contributed by atoms with Crippen LogP contribution in [0.1, 0.15) is 22.8 Å². The predicted molar refractivity (Wildman–Crippen MR) is 91.2 cm³/mol. The van der Waals surface area contributed by atoms with Gasteiger partial charge in [0.15, 0.2) is 11.5 Å². The number of hydrogen-bond acceptors (Lipinski definition) is 4. The zero-order chi connectivity index (χ0) is 17.4. The zero-order valence-corrected chi connectivity index (χ0v) is 13.8. The molecule has 0 radical (unpaired) electrons. The minimum Gasteiger partial charge on any atom is -0.493 e. The predicted octanol–water partition coefficient (Wildman–Crippen LogP) is 2.96. The van der Waals surface area contributed by atoms with Gasteiger partial charge in [-0.25, -0.2) is 0 Å². The first kappa shape index (κ1) is 17.4. The maximum Gasteiger partial charge on any atom is 0.251 e. The summed E-state index contributed by atoms with van der Waals surface area (Å²) in [5.41, 5.74) is 1.36. The lowest BCUT2D eigenvalue weighted by molar-refractivity contribution is 0.0931. The highest BCUT2D eigenvalue weighted by Gasteiger charge is 2.11. The zero-order valence-electron chi connectivity index (χ0n) is 13.8. The van der Waals surface area contributed by atoms with Crippen LogP contribution in [0.2, 0.25) is 0 Å². The van der Waals surface area contributed by atoms with Crippen LogP contribution in [0, 0.1) is 11.3 Å². The van der Waals surface area contributed by atoms with Crippen LogP contribution in [0.4, 0.5) is 0 Å². The van der Waals surface area contributed by atoms with Crippen LogP contribution in [-0.4, -0.2) is 25.7 Å². The lowest BCUT2D eigenvalue weighted by Gasteiger charge is -2.17. The van der Waals surface area contributed by atoms with Gasteiger partial charge in [0.05, 0.1) is 26.1 Å². The van der Waals surface area contributed by atoms with Crippen molar-refractivity contribution in [2.24, 2.45) is 0 Å². The number of methoxy groups -OCH3 is 1. The minimum atomic E-state index is -0.215. The number of carbonyl (C=O) groups excluding carboxylic acids is 1. The average Bonchev–Trinajstić information content (AvgIpc) is 2.60. The number of nitrogens with one attached hydrogen (secondary N) is 1. The Morgan fingerprint density at radius 1 is 1.21 bits per heavy atom. The van der Waals surface area contributed by atoms with E-state index in [1.807, 2.05) is 37.3 Å². The summed E-state index contributed by atoms with van der Waals surface area (Å²) in [6.07, 6.45) is 0.0709. The van der Waals surface area contributed by atoms with E-state index in [2.05, 4.69) is 11.4 Å². The molecule has 0 aliphatic carbocycles. The SMILES string of the molecule is COc1ccccc1O[C@H](C)CNC(=O)c1cccc(CC#N)c1. The Balaban J connectivity index is 1.91. The number of hydrogen-bond donors (Lipinski definition) is 1. The molecule has 0 unspecified atom stereocenters. The Kier molecular flexibility index (Phi) is 6.21. The lowest BCUT2D eigenvalue weighted by Crippen LogP contribution is -2.33. The van der Waals surface area contributed by atoms with Gasteiger partial charge in [0.2, 0.25) is 0 Å². The van der Waals surface area contributed by atoms with Crippen LogP contribution >= 0.6 is 0 Å². The Hall–Kier alpha value is -3.00. The van der Waals surface area contributed by atoms with Crippen LogP contribution in [0.25, 0.3) is 0 Å². The Morgan fingerprint density at radius 3 is 2.67 bits per heavy atom. The van der Waals surface area contributed by atoms with Crippen molar-refractivity contribution in [3.05, 3.63) is 59.7 Å². The van der Waals surface area contributed by atoms with Crippen molar-refractivity contribution in [1.82, 2.24) is 5.32 Å². The summed E-state index contributed by atoms with van der Waals surface area (Å²) in [5.74, 6) is 1.10. The molecule has 0 aromatic heterocycles. The molecule has 124 valence electrons. The summed E-state index contributed by atoms with van der Waals surface area (Å²) >= 11 is 0. The van der Waals surface area contributed by atoms with E-state index in [-0.39, 0.29) is 18.4 Å². The topological polar surface area (TPSA) is 71.3 Å². The molecular formula is C19H20N2O3. The van der Waals surface area contributed by atoms with Gasteiger partial charge in [-0.2, -0.15) is 5.26 Å². The first-order valence-corrected chi connectivity index (χ1v) is 7.67. The third-order valence-corrected chi connectivity index (χ3v) is 3.42. The van der Waals surface area contributed by atoms with Crippen molar-refractivity contribution in [3.8, 4) is 17.6 Å². The number of nitriles is 1. The smallest absolute Gasteiger partial charge is 0.251 e. The Morgan fingerprint density at radius 2 is 1.96 bits per heavy atom. The fourth-order valence-electron chi connectivity index (χ4n) is 2.23. The molecule has 24 heavy (non-hydrogen) atoms. The fraction of sp³-hybridized carbons (Fsp3) is 0.263. The first-order chi connectivity index (χ1) is 11.6. The second-order valence-electron chi connectivity index (χ2n) is 5.32. The second kappa shape index (κ2) is 8.59.